The van der Waals surface area contributed by atoms with Gasteiger partial charge in [0, 0.05) is 25.2 Å². The van der Waals surface area contributed by atoms with Crippen molar-refractivity contribution < 1.29 is 37.0 Å². The van der Waals surface area contributed by atoms with Gasteiger partial charge < -0.3 is 24.0 Å². The number of alkyl halides is 3. The smallest absolute Gasteiger partial charge is 0.416 e. The van der Waals surface area contributed by atoms with E-state index in [0.717, 1.165) is 24.5 Å². The number of carbonyl (C=O) groups is 2. The van der Waals surface area contributed by atoms with Crippen molar-refractivity contribution in [1.29, 1.82) is 0 Å². The lowest BCUT2D eigenvalue weighted by atomic mass is 9.81. The van der Waals surface area contributed by atoms with E-state index in [1.54, 1.807) is 56.6 Å². The lowest BCUT2D eigenvalue weighted by Gasteiger charge is -2.43. The largest absolute Gasteiger partial charge is 0.497 e. The molecule has 0 bridgehead atoms. The Morgan fingerprint density at radius 3 is 2.20 bits per heavy atom. The molecule has 7 nitrogen and oxygen atoms in total. The number of piperidine rings is 2. The number of carbonyl (C=O) groups excluding carboxylic acids is 2. The first-order valence-electron chi connectivity index (χ1n) is 15.3. The molecule has 2 fully saturated rings. The number of hydrogen-bond donors (Lipinski definition) is 0. The molecule has 240 valence electrons. The van der Waals surface area contributed by atoms with E-state index in [1.807, 2.05) is 29.2 Å². The van der Waals surface area contributed by atoms with Gasteiger partial charge in [-0.25, -0.2) is 0 Å². The van der Waals surface area contributed by atoms with Crippen LogP contribution in [0, 0.1) is 11.8 Å². The van der Waals surface area contributed by atoms with E-state index in [9.17, 15) is 22.8 Å². The molecule has 2 saturated heterocycles. The Morgan fingerprint density at radius 2 is 1.56 bits per heavy atom. The van der Waals surface area contributed by atoms with E-state index in [-0.39, 0.29) is 24.2 Å². The molecule has 0 saturated carbocycles. The number of amides is 2. The number of aryl methyl sites for hydroxylation is 1. The van der Waals surface area contributed by atoms with Crippen molar-refractivity contribution in [3.63, 3.8) is 0 Å². The van der Waals surface area contributed by atoms with Crippen LogP contribution in [0.2, 0.25) is 0 Å². The standard InChI is InChI=1S/C35H39F3N2O5/c1-43-27-13-11-26(12-14-27)40-32(41)17-15-28(33(40)25-10-16-30(44-2)31(22-25)45-3)34(42)39-20-18-23(19-21-39)8-9-24-6-4-5-7-29(24)35(36,37)38/h4-7,10-14,16,22-23,28,33H,8-9,15,17-21H2,1-3H3. The van der Waals surface area contributed by atoms with Gasteiger partial charge in [0.2, 0.25) is 11.8 Å². The fourth-order valence-electron chi connectivity index (χ4n) is 6.67. The number of benzene rings is 3. The zero-order valence-corrected chi connectivity index (χ0v) is 25.8. The SMILES string of the molecule is COc1ccc(N2C(=O)CCC(C(=O)N3CCC(CCc4ccccc4C(F)(F)F)CC3)C2c2ccc(OC)c(OC)c2)cc1. The van der Waals surface area contributed by atoms with Crippen LogP contribution in [0.15, 0.2) is 66.7 Å². The van der Waals surface area contributed by atoms with Crippen LogP contribution in [0.3, 0.4) is 0 Å². The molecule has 2 amide bonds. The van der Waals surface area contributed by atoms with Gasteiger partial charge in [-0.3, -0.25) is 9.59 Å². The van der Waals surface area contributed by atoms with Crippen LogP contribution < -0.4 is 19.1 Å². The molecular formula is C35H39F3N2O5. The highest BCUT2D eigenvalue weighted by atomic mass is 19.4. The van der Waals surface area contributed by atoms with Gasteiger partial charge in [-0.2, -0.15) is 13.2 Å². The molecule has 10 heteroatoms. The minimum atomic E-state index is -4.38. The third kappa shape index (κ3) is 7.05. The fourth-order valence-corrected chi connectivity index (χ4v) is 6.67. The highest BCUT2D eigenvalue weighted by Gasteiger charge is 2.44. The van der Waals surface area contributed by atoms with Crippen LogP contribution in [-0.2, 0) is 22.2 Å². The van der Waals surface area contributed by atoms with Crippen LogP contribution in [0.4, 0.5) is 18.9 Å². The number of anilines is 1. The van der Waals surface area contributed by atoms with Crippen molar-refractivity contribution in [3.8, 4) is 17.2 Å². The number of halogens is 3. The molecule has 45 heavy (non-hydrogen) atoms. The minimum absolute atomic E-state index is 0.0262. The van der Waals surface area contributed by atoms with Gasteiger partial charge in [-0.1, -0.05) is 24.3 Å². The van der Waals surface area contributed by atoms with Gasteiger partial charge in [0.25, 0.3) is 0 Å². The van der Waals surface area contributed by atoms with E-state index in [1.165, 1.54) is 6.07 Å². The molecule has 0 aromatic heterocycles. The first-order valence-corrected chi connectivity index (χ1v) is 15.3. The molecule has 2 unspecified atom stereocenters. The molecule has 0 radical (unpaired) electrons. The predicted octanol–water partition coefficient (Wildman–Crippen LogP) is 7.09. The average molecular weight is 625 g/mol. The Balaban J connectivity index is 1.35. The molecule has 3 aromatic rings. The lowest BCUT2D eigenvalue weighted by molar-refractivity contribution is -0.140. The van der Waals surface area contributed by atoms with Crippen LogP contribution in [-0.4, -0.2) is 51.1 Å². The number of likely N-dealkylation sites (tertiary alicyclic amines) is 1. The summed E-state index contributed by atoms with van der Waals surface area (Å²) in [5.74, 6) is 1.31. The molecule has 2 aliphatic rings. The molecule has 2 aliphatic heterocycles. The summed E-state index contributed by atoms with van der Waals surface area (Å²) in [6.45, 7) is 1.05. The quantitative estimate of drug-likeness (QED) is 0.254. The van der Waals surface area contributed by atoms with Crippen molar-refractivity contribution >= 4 is 17.5 Å². The van der Waals surface area contributed by atoms with E-state index in [2.05, 4.69) is 0 Å². The van der Waals surface area contributed by atoms with Crippen LogP contribution in [0.25, 0.3) is 0 Å². The van der Waals surface area contributed by atoms with Crippen LogP contribution in [0.5, 0.6) is 17.2 Å². The fraction of sp³-hybridized carbons (Fsp3) is 0.429. The predicted molar refractivity (Wildman–Crippen MR) is 165 cm³/mol. The topological polar surface area (TPSA) is 68.3 Å². The minimum Gasteiger partial charge on any atom is -0.497 e. The molecule has 0 aliphatic carbocycles. The summed E-state index contributed by atoms with van der Waals surface area (Å²) in [4.78, 5) is 31.3. The maximum absolute atomic E-state index is 14.2. The first kappa shape index (κ1) is 32.2. The van der Waals surface area contributed by atoms with E-state index >= 15 is 0 Å². The van der Waals surface area contributed by atoms with Gasteiger partial charge in [0.1, 0.15) is 5.75 Å². The molecule has 0 N–H and O–H groups in total. The van der Waals surface area contributed by atoms with Crippen molar-refractivity contribution in [1.82, 2.24) is 4.90 Å². The monoisotopic (exact) mass is 624 g/mol. The second-order valence-corrected chi connectivity index (χ2v) is 11.6. The zero-order chi connectivity index (χ0) is 32.1. The van der Waals surface area contributed by atoms with Crippen molar-refractivity contribution in [2.24, 2.45) is 11.8 Å². The average Bonchev–Trinajstić information content (AvgIpc) is 3.06. The van der Waals surface area contributed by atoms with Crippen LogP contribution >= 0.6 is 0 Å². The molecular weight excluding hydrogens is 585 g/mol. The molecule has 2 heterocycles. The van der Waals surface area contributed by atoms with Gasteiger partial charge in [-0.05, 0) is 91.6 Å². The maximum Gasteiger partial charge on any atom is 0.416 e. The summed E-state index contributed by atoms with van der Waals surface area (Å²) in [7, 11) is 4.67. The molecule has 2 atom stereocenters. The molecule has 0 spiro atoms. The Kier molecular flexibility index (Phi) is 9.90. The van der Waals surface area contributed by atoms with Crippen molar-refractivity contribution in [3.05, 3.63) is 83.4 Å². The second kappa shape index (κ2) is 13.8. The Bertz CT molecular complexity index is 1490. The van der Waals surface area contributed by atoms with Gasteiger partial charge in [0.15, 0.2) is 11.5 Å². The summed E-state index contributed by atoms with van der Waals surface area (Å²) in [6, 6.07) is 17.9. The normalized spacial score (nSPS) is 19.4. The van der Waals surface area contributed by atoms with Crippen molar-refractivity contribution in [2.75, 3.05) is 39.3 Å². The number of nitrogens with zero attached hydrogens (tertiary/aromatic N) is 2. The third-order valence-corrected chi connectivity index (χ3v) is 9.09. The van der Waals surface area contributed by atoms with Gasteiger partial charge >= 0.3 is 6.18 Å². The summed E-state index contributed by atoms with van der Waals surface area (Å²) < 4.78 is 56.7. The summed E-state index contributed by atoms with van der Waals surface area (Å²) in [6.07, 6.45) is -1.34. The first-order chi connectivity index (χ1) is 21.6. The summed E-state index contributed by atoms with van der Waals surface area (Å²) in [5, 5.41) is 0. The highest BCUT2D eigenvalue weighted by Crippen LogP contribution is 2.44. The Hall–Kier alpha value is -4.21. The van der Waals surface area contributed by atoms with E-state index < -0.39 is 23.7 Å². The highest BCUT2D eigenvalue weighted by molar-refractivity contribution is 5.97. The Labute approximate surface area is 261 Å². The number of hydrogen-bond acceptors (Lipinski definition) is 5. The summed E-state index contributed by atoms with van der Waals surface area (Å²) >= 11 is 0. The number of ether oxygens (including phenoxy) is 3. The van der Waals surface area contributed by atoms with Gasteiger partial charge in [0.05, 0.1) is 38.9 Å². The maximum atomic E-state index is 14.2. The van der Waals surface area contributed by atoms with E-state index in [0.29, 0.717) is 60.9 Å². The lowest BCUT2D eigenvalue weighted by Crippen LogP contribution is -2.50. The van der Waals surface area contributed by atoms with Crippen LogP contribution in [0.1, 0.15) is 54.8 Å². The van der Waals surface area contributed by atoms with Gasteiger partial charge in [-0.15, -0.1) is 0 Å². The van der Waals surface area contributed by atoms with Crippen molar-refractivity contribution in [2.45, 2.75) is 50.7 Å². The molecule has 5 rings (SSSR count). The zero-order valence-electron chi connectivity index (χ0n) is 25.8. The number of rotatable bonds is 9. The number of methoxy groups -OCH3 is 3. The third-order valence-electron chi connectivity index (χ3n) is 9.09. The second-order valence-electron chi connectivity index (χ2n) is 11.6. The molecule has 3 aromatic carbocycles. The Morgan fingerprint density at radius 1 is 0.867 bits per heavy atom. The van der Waals surface area contributed by atoms with E-state index in [4.69, 9.17) is 14.2 Å². The summed E-state index contributed by atoms with van der Waals surface area (Å²) in [5.41, 5.74) is 1.16.